The zero-order valence-electron chi connectivity index (χ0n) is 10.4. The molecule has 100 valence electrons. The molecule has 0 saturated carbocycles. The molecular formula is C13H13ClFN3O. The summed E-state index contributed by atoms with van der Waals surface area (Å²) in [5.41, 5.74) is 0.844. The highest BCUT2D eigenvalue weighted by atomic mass is 35.5. The SMILES string of the molecule is CCOc1ccnc(NCc2ccc(F)c(Cl)c2)n1. The first-order chi connectivity index (χ1) is 9.19. The van der Waals surface area contributed by atoms with E-state index in [9.17, 15) is 4.39 Å². The fourth-order valence-electron chi connectivity index (χ4n) is 1.49. The number of aromatic nitrogens is 2. The molecule has 0 aliphatic heterocycles. The van der Waals surface area contributed by atoms with Crippen molar-refractivity contribution in [3.05, 3.63) is 46.9 Å². The van der Waals surface area contributed by atoms with Gasteiger partial charge in [-0.3, -0.25) is 0 Å². The summed E-state index contributed by atoms with van der Waals surface area (Å²) in [6.07, 6.45) is 1.61. The molecule has 0 atom stereocenters. The molecular weight excluding hydrogens is 269 g/mol. The lowest BCUT2D eigenvalue weighted by molar-refractivity contribution is 0.326. The van der Waals surface area contributed by atoms with Crippen LogP contribution in [0.15, 0.2) is 30.5 Å². The zero-order valence-corrected chi connectivity index (χ0v) is 11.1. The Morgan fingerprint density at radius 2 is 2.21 bits per heavy atom. The second-order valence-corrected chi connectivity index (χ2v) is 4.16. The van der Waals surface area contributed by atoms with Gasteiger partial charge in [-0.2, -0.15) is 4.98 Å². The second kappa shape index (κ2) is 6.33. The Morgan fingerprint density at radius 1 is 1.37 bits per heavy atom. The van der Waals surface area contributed by atoms with E-state index < -0.39 is 5.82 Å². The van der Waals surface area contributed by atoms with Crippen molar-refractivity contribution >= 4 is 17.5 Å². The van der Waals surface area contributed by atoms with Crippen LogP contribution in [0.1, 0.15) is 12.5 Å². The molecule has 0 saturated heterocycles. The van der Waals surface area contributed by atoms with Gasteiger partial charge in [-0.05, 0) is 24.6 Å². The van der Waals surface area contributed by atoms with Crippen LogP contribution in [0.4, 0.5) is 10.3 Å². The summed E-state index contributed by atoms with van der Waals surface area (Å²) in [7, 11) is 0. The molecule has 0 spiro atoms. The van der Waals surface area contributed by atoms with Crippen LogP contribution in [0.25, 0.3) is 0 Å². The first-order valence-electron chi connectivity index (χ1n) is 5.82. The third-order valence-electron chi connectivity index (χ3n) is 2.36. The third kappa shape index (κ3) is 3.79. The first kappa shape index (κ1) is 13.5. The number of benzene rings is 1. The van der Waals surface area contributed by atoms with E-state index in [0.717, 1.165) is 5.56 Å². The average Bonchev–Trinajstić information content (AvgIpc) is 2.41. The van der Waals surface area contributed by atoms with Crippen LogP contribution < -0.4 is 10.1 Å². The van der Waals surface area contributed by atoms with Crippen molar-refractivity contribution in [1.29, 1.82) is 0 Å². The summed E-state index contributed by atoms with van der Waals surface area (Å²) in [5, 5.41) is 3.12. The van der Waals surface area contributed by atoms with E-state index in [1.807, 2.05) is 6.92 Å². The Balaban J connectivity index is 2.01. The van der Waals surface area contributed by atoms with Crippen molar-refractivity contribution in [2.24, 2.45) is 0 Å². The van der Waals surface area contributed by atoms with Crippen LogP contribution in [0, 0.1) is 5.82 Å². The van der Waals surface area contributed by atoms with Crippen molar-refractivity contribution in [2.75, 3.05) is 11.9 Å². The Morgan fingerprint density at radius 3 is 2.95 bits per heavy atom. The summed E-state index contributed by atoms with van der Waals surface area (Å²) in [6, 6.07) is 6.23. The molecule has 0 fully saturated rings. The van der Waals surface area contributed by atoms with Crippen molar-refractivity contribution in [3.8, 4) is 5.88 Å². The minimum Gasteiger partial charge on any atom is -0.478 e. The maximum Gasteiger partial charge on any atom is 0.226 e. The van der Waals surface area contributed by atoms with Crippen molar-refractivity contribution in [2.45, 2.75) is 13.5 Å². The second-order valence-electron chi connectivity index (χ2n) is 3.75. The number of hydrogen-bond acceptors (Lipinski definition) is 4. The summed E-state index contributed by atoms with van der Waals surface area (Å²) in [6.45, 7) is 2.88. The van der Waals surface area contributed by atoms with E-state index in [1.54, 1.807) is 24.4 Å². The van der Waals surface area contributed by atoms with Gasteiger partial charge in [0.05, 0.1) is 11.6 Å². The van der Waals surface area contributed by atoms with Crippen LogP contribution in [-0.4, -0.2) is 16.6 Å². The number of rotatable bonds is 5. The molecule has 1 aromatic carbocycles. The number of ether oxygens (including phenoxy) is 1. The number of nitrogens with zero attached hydrogens (tertiary/aromatic N) is 2. The molecule has 4 nitrogen and oxygen atoms in total. The number of hydrogen-bond donors (Lipinski definition) is 1. The molecule has 2 aromatic rings. The molecule has 0 radical (unpaired) electrons. The largest absolute Gasteiger partial charge is 0.478 e. The third-order valence-corrected chi connectivity index (χ3v) is 2.65. The van der Waals surface area contributed by atoms with Gasteiger partial charge in [0.2, 0.25) is 11.8 Å². The predicted molar refractivity (Wildman–Crippen MR) is 71.9 cm³/mol. The number of anilines is 1. The average molecular weight is 282 g/mol. The highest BCUT2D eigenvalue weighted by Gasteiger charge is 2.03. The minimum absolute atomic E-state index is 0.100. The maximum absolute atomic E-state index is 13.0. The van der Waals surface area contributed by atoms with Crippen molar-refractivity contribution in [3.63, 3.8) is 0 Å². The molecule has 6 heteroatoms. The van der Waals surface area contributed by atoms with Crippen LogP contribution >= 0.6 is 11.6 Å². The fraction of sp³-hybridized carbons (Fsp3) is 0.231. The minimum atomic E-state index is -0.431. The lowest BCUT2D eigenvalue weighted by atomic mass is 10.2. The Bertz CT molecular complexity index is 565. The van der Waals surface area contributed by atoms with Gasteiger partial charge >= 0.3 is 0 Å². The predicted octanol–water partition coefficient (Wildman–Crippen LogP) is 3.28. The molecule has 1 heterocycles. The molecule has 0 unspecified atom stereocenters. The van der Waals surface area contributed by atoms with E-state index in [1.165, 1.54) is 6.07 Å². The lowest BCUT2D eigenvalue weighted by Gasteiger charge is -2.07. The van der Waals surface area contributed by atoms with Crippen molar-refractivity contribution < 1.29 is 9.13 Å². The van der Waals surface area contributed by atoms with Crippen LogP contribution in [-0.2, 0) is 6.54 Å². The number of nitrogens with one attached hydrogen (secondary N) is 1. The smallest absolute Gasteiger partial charge is 0.226 e. The van der Waals surface area contributed by atoms with Gasteiger partial charge in [-0.1, -0.05) is 17.7 Å². The molecule has 0 aliphatic carbocycles. The van der Waals surface area contributed by atoms with Gasteiger partial charge in [0.15, 0.2) is 0 Å². The maximum atomic E-state index is 13.0. The van der Waals surface area contributed by atoms with Gasteiger partial charge < -0.3 is 10.1 Å². The van der Waals surface area contributed by atoms with Gasteiger partial charge in [-0.15, -0.1) is 0 Å². The summed E-state index contributed by atoms with van der Waals surface area (Å²) < 4.78 is 18.3. The topological polar surface area (TPSA) is 47.0 Å². The molecule has 19 heavy (non-hydrogen) atoms. The van der Waals surface area contributed by atoms with E-state index in [4.69, 9.17) is 16.3 Å². The molecule has 1 N–H and O–H groups in total. The standard InChI is InChI=1S/C13H13ClFN3O/c1-2-19-12-5-6-16-13(18-12)17-8-9-3-4-11(15)10(14)7-9/h3-7H,2,8H2,1H3,(H,16,17,18). The molecule has 1 aromatic heterocycles. The Hall–Kier alpha value is -1.88. The summed E-state index contributed by atoms with van der Waals surface area (Å²) in [4.78, 5) is 8.23. The molecule has 0 bridgehead atoms. The van der Waals surface area contributed by atoms with Gasteiger partial charge in [-0.25, -0.2) is 9.37 Å². The highest BCUT2D eigenvalue weighted by molar-refractivity contribution is 6.30. The van der Waals surface area contributed by atoms with E-state index in [2.05, 4.69) is 15.3 Å². The summed E-state index contributed by atoms with van der Waals surface area (Å²) >= 11 is 5.71. The van der Waals surface area contributed by atoms with E-state index >= 15 is 0 Å². The Labute approximate surface area is 115 Å². The molecule has 0 aliphatic rings. The monoisotopic (exact) mass is 281 g/mol. The zero-order chi connectivity index (χ0) is 13.7. The van der Waals surface area contributed by atoms with E-state index in [0.29, 0.717) is 25.0 Å². The van der Waals surface area contributed by atoms with Crippen molar-refractivity contribution in [1.82, 2.24) is 9.97 Å². The van der Waals surface area contributed by atoms with Crippen LogP contribution in [0.5, 0.6) is 5.88 Å². The lowest BCUT2D eigenvalue weighted by Crippen LogP contribution is -2.05. The van der Waals surface area contributed by atoms with Crippen LogP contribution in [0.3, 0.4) is 0 Å². The number of halogens is 2. The quantitative estimate of drug-likeness (QED) is 0.914. The van der Waals surface area contributed by atoms with Gasteiger partial charge in [0.1, 0.15) is 5.82 Å². The summed E-state index contributed by atoms with van der Waals surface area (Å²) in [5.74, 6) is 0.531. The van der Waals surface area contributed by atoms with Crippen LogP contribution in [0.2, 0.25) is 5.02 Å². The van der Waals surface area contributed by atoms with E-state index in [-0.39, 0.29) is 5.02 Å². The normalized spacial score (nSPS) is 10.3. The Kier molecular flexibility index (Phi) is 4.52. The highest BCUT2D eigenvalue weighted by Crippen LogP contribution is 2.17. The van der Waals surface area contributed by atoms with Gasteiger partial charge in [0.25, 0.3) is 0 Å². The molecule has 0 amide bonds. The first-order valence-corrected chi connectivity index (χ1v) is 6.20. The van der Waals surface area contributed by atoms with Gasteiger partial charge in [0, 0.05) is 18.8 Å². The fourth-order valence-corrected chi connectivity index (χ4v) is 1.69. The molecule has 2 rings (SSSR count).